The molecule has 0 atom stereocenters. The van der Waals surface area contributed by atoms with Gasteiger partial charge in [-0.1, -0.05) is 25.5 Å². The Hall–Kier alpha value is -2.95. The number of fused-ring (bicyclic) bond motifs is 3. The van der Waals surface area contributed by atoms with Crippen LogP contribution < -0.4 is 5.56 Å². The van der Waals surface area contributed by atoms with Crippen LogP contribution in [0.2, 0.25) is 0 Å². The van der Waals surface area contributed by atoms with E-state index in [4.69, 9.17) is 4.98 Å². The van der Waals surface area contributed by atoms with Gasteiger partial charge in [-0.05, 0) is 42.8 Å². The number of imidazole rings is 1. The molecule has 4 nitrogen and oxygen atoms in total. The Kier molecular flexibility index (Phi) is 3.84. The number of hydrogen-bond donors (Lipinski definition) is 0. The third kappa shape index (κ3) is 2.61. The van der Waals surface area contributed by atoms with Gasteiger partial charge >= 0.3 is 0 Å². The zero-order valence-electron chi connectivity index (χ0n) is 13.9. The van der Waals surface area contributed by atoms with Crippen LogP contribution in [-0.4, -0.2) is 14.0 Å². The third-order valence-electron chi connectivity index (χ3n) is 4.43. The molecule has 0 unspecified atom stereocenters. The van der Waals surface area contributed by atoms with Crippen LogP contribution in [-0.2, 0) is 6.54 Å². The van der Waals surface area contributed by atoms with Crippen LogP contribution >= 0.6 is 0 Å². The van der Waals surface area contributed by atoms with Gasteiger partial charge in [0.1, 0.15) is 5.82 Å². The largest absolute Gasteiger partial charge is 0.310 e. The molecule has 0 N–H and O–H groups in total. The van der Waals surface area contributed by atoms with Crippen LogP contribution in [0.15, 0.2) is 59.4 Å². The zero-order chi connectivity index (χ0) is 17.4. The van der Waals surface area contributed by atoms with Gasteiger partial charge in [0.2, 0.25) is 5.78 Å². The minimum atomic E-state index is -0.307. The van der Waals surface area contributed by atoms with E-state index in [2.05, 4.69) is 11.5 Å². The van der Waals surface area contributed by atoms with Crippen molar-refractivity contribution in [1.29, 1.82) is 0 Å². The molecule has 0 aliphatic carbocycles. The number of para-hydroxylation sites is 2. The van der Waals surface area contributed by atoms with Crippen molar-refractivity contribution in [3.63, 3.8) is 0 Å². The molecule has 0 amide bonds. The molecular formula is C20H18FN3O. The number of aryl methyl sites for hydroxylation is 1. The lowest BCUT2D eigenvalue weighted by Gasteiger charge is -2.06. The number of benzene rings is 2. The number of rotatable bonds is 4. The van der Waals surface area contributed by atoms with Crippen LogP contribution in [0.25, 0.3) is 28.1 Å². The van der Waals surface area contributed by atoms with Crippen LogP contribution in [0, 0.1) is 5.82 Å². The molecule has 2 heterocycles. The maximum Gasteiger partial charge on any atom is 0.260 e. The summed E-state index contributed by atoms with van der Waals surface area (Å²) >= 11 is 0. The Morgan fingerprint density at radius 2 is 1.76 bits per heavy atom. The summed E-state index contributed by atoms with van der Waals surface area (Å²) in [7, 11) is 0. The van der Waals surface area contributed by atoms with Crippen molar-refractivity contribution in [2.75, 3.05) is 0 Å². The average Bonchev–Trinajstić information content (AvgIpc) is 2.94. The SMILES string of the molecule is CCCCn1c2ccccc2n2c(=O)cc(-c3ccc(F)cc3)nc12. The van der Waals surface area contributed by atoms with E-state index in [1.54, 1.807) is 16.5 Å². The van der Waals surface area contributed by atoms with Crippen molar-refractivity contribution in [1.82, 2.24) is 14.0 Å². The van der Waals surface area contributed by atoms with E-state index >= 15 is 0 Å². The summed E-state index contributed by atoms with van der Waals surface area (Å²) in [6.45, 7) is 2.93. The first kappa shape index (κ1) is 15.6. The highest BCUT2D eigenvalue weighted by Crippen LogP contribution is 2.22. The van der Waals surface area contributed by atoms with Gasteiger partial charge in [0, 0.05) is 18.2 Å². The predicted molar refractivity (Wildman–Crippen MR) is 97.3 cm³/mol. The first-order chi connectivity index (χ1) is 12.2. The standard InChI is InChI=1S/C20H18FN3O/c1-2-3-12-23-17-6-4-5-7-18(17)24-19(25)13-16(22-20(23)24)14-8-10-15(21)11-9-14/h4-11,13H,2-3,12H2,1H3. The van der Waals surface area contributed by atoms with Crippen molar-refractivity contribution in [3.8, 4) is 11.3 Å². The maximum atomic E-state index is 13.2. The Morgan fingerprint density at radius 1 is 1.04 bits per heavy atom. The molecule has 4 rings (SSSR count). The van der Waals surface area contributed by atoms with Gasteiger partial charge in [-0.2, -0.15) is 0 Å². The minimum absolute atomic E-state index is 0.129. The smallest absolute Gasteiger partial charge is 0.260 e. The predicted octanol–water partition coefficient (Wildman–Crippen LogP) is 4.26. The van der Waals surface area contributed by atoms with E-state index < -0.39 is 0 Å². The molecule has 0 saturated carbocycles. The lowest BCUT2D eigenvalue weighted by molar-refractivity contribution is 0.628. The summed E-state index contributed by atoms with van der Waals surface area (Å²) in [6, 6.07) is 15.4. The fourth-order valence-corrected chi connectivity index (χ4v) is 3.17. The molecule has 0 radical (unpaired) electrons. The van der Waals surface area contributed by atoms with Crippen molar-refractivity contribution in [3.05, 3.63) is 70.8 Å². The summed E-state index contributed by atoms with van der Waals surface area (Å²) in [5.74, 6) is 0.320. The monoisotopic (exact) mass is 335 g/mol. The second-order valence-electron chi connectivity index (χ2n) is 6.12. The molecule has 2 aromatic heterocycles. The van der Waals surface area contributed by atoms with Gasteiger partial charge in [0.25, 0.3) is 5.56 Å². The topological polar surface area (TPSA) is 39.3 Å². The highest BCUT2D eigenvalue weighted by atomic mass is 19.1. The molecule has 0 saturated heterocycles. The molecule has 126 valence electrons. The number of nitrogens with zero attached hydrogens (tertiary/aromatic N) is 3. The van der Waals surface area contributed by atoms with Gasteiger partial charge in [-0.3, -0.25) is 4.79 Å². The second-order valence-corrected chi connectivity index (χ2v) is 6.12. The summed E-state index contributed by atoms with van der Waals surface area (Å²) in [6.07, 6.45) is 2.06. The highest BCUT2D eigenvalue weighted by molar-refractivity contribution is 5.81. The maximum absolute atomic E-state index is 13.2. The van der Waals surface area contributed by atoms with Crippen molar-refractivity contribution in [2.24, 2.45) is 0 Å². The molecule has 0 spiro atoms. The minimum Gasteiger partial charge on any atom is -0.310 e. The summed E-state index contributed by atoms with van der Waals surface area (Å²) in [5, 5.41) is 0. The highest BCUT2D eigenvalue weighted by Gasteiger charge is 2.14. The molecule has 0 aliphatic heterocycles. The summed E-state index contributed by atoms with van der Waals surface area (Å²) < 4.78 is 16.9. The summed E-state index contributed by atoms with van der Waals surface area (Å²) in [5.41, 5.74) is 3.02. The first-order valence-corrected chi connectivity index (χ1v) is 8.46. The zero-order valence-corrected chi connectivity index (χ0v) is 13.9. The van der Waals surface area contributed by atoms with Crippen molar-refractivity contribution >= 4 is 16.8 Å². The van der Waals surface area contributed by atoms with Crippen molar-refractivity contribution in [2.45, 2.75) is 26.3 Å². The van der Waals surface area contributed by atoms with Crippen LogP contribution in [0.4, 0.5) is 4.39 Å². The van der Waals surface area contributed by atoms with Crippen LogP contribution in [0.5, 0.6) is 0 Å². The Bertz CT molecular complexity index is 1110. The molecule has 0 fully saturated rings. The van der Waals surface area contributed by atoms with E-state index in [1.165, 1.54) is 18.2 Å². The second kappa shape index (κ2) is 6.16. The molecule has 2 aromatic carbocycles. The third-order valence-corrected chi connectivity index (χ3v) is 4.43. The van der Waals surface area contributed by atoms with Crippen LogP contribution in [0.1, 0.15) is 19.8 Å². The number of hydrogen-bond acceptors (Lipinski definition) is 2. The number of halogens is 1. The molecule has 25 heavy (non-hydrogen) atoms. The molecule has 0 aliphatic rings. The molecular weight excluding hydrogens is 317 g/mol. The molecule has 4 aromatic rings. The quantitative estimate of drug-likeness (QED) is 0.559. The van der Waals surface area contributed by atoms with Gasteiger partial charge in [-0.25, -0.2) is 13.8 Å². The normalized spacial score (nSPS) is 11.4. The van der Waals surface area contributed by atoms with Gasteiger partial charge in [-0.15, -0.1) is 0 Å². The first-order valence-electron chi connectivity index (χ1n) is 8.46. The molecule has 0 bridgehead atoms. The van der Waals surface area contributed by atoms with E-state index in [0.717, 1.165) is 36.0 Å². The summed E-state index contributed by atoms with van der Waals surface area (Å²) in [4.78, 5) is 17.5. The lowest BCUT2D eigenvalue weighted by Crippen LogP contribution is -2.14. The number of aromatic nitrogens is 3. The Balaban J connectivity index is 2.02. The fourth-order valence-electron chi connectivity index (χ4n) is 3.17. The molecule has 5 heteroatoms. The number of unbranched alkanes of at least 4 members (excludes halogenated alkanes) is 1. The lowest BCUT2D eigenvalue weighted by atomic mass is 10.1. The van der Waals surface area contributed by atoms with E-state index in [1.807, 2.05) is 24.3 Å². The average molecular weight is 335 g/mol. The van der Waals surface area contributed by atoms with E-state index in [9.17, 15) is 9.18 Å². The van der Waals surface area contributed by atoms with Crippen molar-refractivity contribution < 1.29 is 4.39 Å². The Morgan fingerprint density at radius 3 is 2.48 bits per heavy atom. The fraction of sp³-hybridized carbons (Fsp3) is 0.200. The Labute approximate surface area is 144 Å². The van der Waals surface area contributed by atoms with E-state index in [-0.39, 0.29) is 11.4 Å². The van der Waals surface area contributed by atoms with Gasteiger partial charge in [0.15, 0.2) is 0 Å². The van der Waals surface area contributed by atoms with Gasteiger partial charge < -0.3 is 4.57 Å². The van der Waals surface area contributed by atoms with Crippen LogP contribution in [0.3, 0.4) is 0 Å². The van der Waals surface area contributed by atoms with E-state index in [0.29, 0.717) is 11.5 Å². The van der Waals surface area contributed by atoms with Gasteiger partial charge in [0.05, 0.1) is 16.7 Å².